The largest absolute Gasteiger partial charge is 0.487 e. The predicted octanol–water partition coefficient (Wildman–Crippen LogP) is 6.03. The van der Waals surface area contributed by atoms with Crippen molar-refractivity contribution in [2.45, 2.75) is 13.5 Å². The molecule has 8 heteroatoms. The van der Waals surface area contributed by atoms with Gasteiger partial charge >= 0.3 is 5.97 Å². The van der Waals surface area contributed by atoms with Crippen LogP contribution in [0.5, 0.6) is 5.75 Å². The number of carboxylic acids is 1. The highest BCUT2D eigenvalue weighted by atomic mass is 127. The van der Waals surface area contributed by atoms with Crippen LogP contribution in [0.2, 0.25) is 0 Å². The van der Waals surface area contributed by atoms with Gasteiger partial charge in [0.2, 0.25) is 0 Å². The van der Waals surface area contributed by atoms with E-state index in [4.69, 9.17) is 4.74 Å². The van der Waals surface area contributed by atoms with Gasteiger partial charge in [-0.2, -0.15) is 5.26 Å². The molecule has 3 rings (SSSR count). The molecule has 0 aliphatic heterocycles. The molecule has 0 spiro atoms. The fourth-order valence-electron chi connectivity index (χ4n) is 2.92. The molecule has 0 fully saturated rings. The molecule has 0 aliphatic rings. The fraction of sp³-hybridized carbons (Fsp3) is 0.0800. The monoisotopic (exact) mass is 664 g/mol. The van der Waals surface area contributed by atoms with Crippen LogP contribution in [0.4, 0.5) is 5.69 Å². The Balaban J connectivity index is 1.79. The molecule has 166 valence electrons. The number of halogens is 2. The first-order chi connectivity index (χ1) is 15.8. The van der Waals surface area contributed by atoms with Gasteiger partial charge in [0.1, 0.15) is 24.0 Å². The number of aryl methyl sites for hydroxylation is 1. The van der Waals surface area contributed by atoms with Gasteiger partial charge in [-0.3, -0.25) is 4.79 Å². The standard InChI is InChI=1S/C25H18I2N2O4/c1-15-6-8-16(9-7-15)14-33-23-20(26)11-17(12-21(23)27)10-18(13-28)24(30)29-22-5-3-2-4-19(22)25(31)32/h2-12H,14H2,1H3,(H,29,30)(H,31,32)/b18-10+. The minimum Gasteiger partial charge on any atom is -0.487 e. The number of carbonyl (C=O) groups is 2. The van der Waals surface area contributed by atoms with Crippen LogP contribution < -0.4 is 10.1 Å². The third-order valence-corrected chi connectivity index (χ3v) is 6.21. The lowest BCUT2D eigenvalue weighted by Gasteiger charge is -2.12. The van der Waals surface area contributed by atoms with Gasteiger partial charge in [0.15, 0.2) is 0 Å². The average molecular weight is 664 g/mol. The minimum atomic E-state index is -1.17. The number of nitrogens with zero attached hydrogens (tertiary/aromatic N) is 1. The number of ether oxygens (including phenoxy) is 1. The number of anilines is 1. The summed E-state index contributed by atoms with van der Waals surface area (Å²) in [7, 11) is 0. The van der Waals surface area contributed by atoms with Crippen LogP contribution in [-0.2, 0) is 11.4 Å². The molecule has 0 heterocycles. The van der Waals surface area contributed by atoms with Crippen molar-refractivity contribution < 1.29 is 19.4 Å². The number of carboxylic acid groups (broad SMARTS) is 1. The first-order valence-electron chi connectivity index (χ1n) is 9.71. The molecular weight excluding hydrogens is 646 g/mol. The molecule has 0 aromatic heterocycles. The number of carbonyl (C=O) groups excluding carboxylic acids is 1. The van der Waals surface area contributed by atoms with Crippen molar-refractivity contribution in [1.82, 2.24) is 0 Å². The molecular formula is C25H18I2N2O4. The zero-order valence-corrected chi connectivity index (χ0v) is 21.7. The second-order valence-electron chi connectivity index (χ2n) is 7.06. The third-order valence-electron chi connectivity index (χ3n) is 4.61. The predicted molar refractivity (Wildman–Crippen MR) is 143 cm³/mol. The van der Waals surface area contributed by atoms with Gasteiger partial charge in [0.25, 0.3) is 5.91 Å². The summed E-state index contributed by atoms with van der Waals surface area (Å²) in [5, 5.41) is 21.3. The summed E-state index contributed by atoms with van der Waals surface area (Å²) < 4.78 is 7.69. The summed E-state index contributed by atoms with van der Waals surface area (Å²) >= 11 is 4.32. The highest BCUT2D eigenvalue weighted by molar-refractivity contribution is 14.1. The summed E-state index contributed by atoms with van der Waals surface area (Å²) in [5.41, 5.74) is 2.83. The molecule has 0 atom stereocenters. The summed E-state index contributed by atoms with van der Waals surface area (Å²) in [6.07, 6.45) is 1.47. The summed E-state index contributed by atoms with van der Waals surface area (Å²) in [6, 6.07) is 19.7. The van der Waals surface area contributed by atoms with Gasteiger partial charge < -0.3 is 15.2 Å². The number of nitrogens with one attached hydrogen (secondary N) is 1. The van der Waals surface area contributed by atoms with E-state index in [-0.39, 0.29) is 16.8 Å². The zero-order chi connectivity index (χ0) is 24.0. The highest BCUT2D eigenvalue weighted by Gasteiger charge is 2.16. The Labute approximate surface area is 218 Å². The minimum absolute atomic E-state index is 0.0534. The highest BCUT2D eigenvalue weighted by Crippen LogP contribution is 2.30. The normalized spacial score (nSPS) is 10.9. The molecule has 33 heavy (non-hydrogen) atoms. The van der Waals surface area contributed by atoms with E-state index in [1.54, 1.807) is 12.1 Å². The lowest BCUT2D eigenvalue weighted by molar-refractivity contribution is -0.112. The van der Waals surface area contributed by atoms with E-state index in [2.05, 4.69) is 50.5 Å². The Morgan fingerprint density at radius 3 is 2.33 bits per heavy atom. The van der Waals surface area contributed by atoms with Crippen molar-refractivity contribution in [2.75, 3.05) is 5.32 Å². The van der Waals surface area contributed by atoms with E-state index in [1.807, 2.05) is 49.4 Å². The van der Waals surface area contributed by atoms with Gasteiger partial charge in [-0.05, 0) is 93.6 Å². The Hall–Kier alpha value is -2.91. The van der Waals surface area contributed by atoms with E-state index in [1.165, 1.54) is 23.8 Å². The third kappa shape index (κ3) is 6.55. The lowest BCUT2D eigenvalue weighted by atomic mass is 10.1. The van der Waals surface area contributed by atoms with Crippen molar-refractivity contribution >= 4 is 68.8 Å². The van der Waals surface area contributed by atoms with Crippen LogP contribution >= 0.6 is 45.2 Å². The maximum atomic E-state index is 12.6. The van der Waals surface area contributed by atoms with Crippen molar-refractivity contribution in [3.8, 4) is 11.8 Å². The molecule has 0 unspecified atom stereocenters. The average Bonchev–Trinajstić information content (AvgIpc) is 2.78. The number of benzene rings is 3. The summed E-state index contributed by atoms with van der Waals surface area (Å²) in [4.78, 5) is 24.0. The maximum Gasteiger partial charge on any atom is 0.337 e. The number of para-hydroxylation sites is 1. The smallest absolute Gasteiger partial charge is 0.337 e. The molecule has 0 aliphatic carbocycles. The van der Waals surface area contributed by atoms with E-state index < -0.39 is 11.9 Å². The van der Waals surface area contributed by atoms with Crippen LogP contribution in [0, 0.1) is 25.4 Å². The van der Waals surface area contributed by atoms with E-state index >= 15 is 0 Å². The molecule has 0 radical (unpaired) electrons. The van der Waals surface area contributed by atoms with Crippen LogP contribution in [-0.4, -0.2) is 17.0 Å². The number of hydrogen-bond donors (Lipinski definition) is 2. The zero-order valence-electron chi connectivity index (χ0n) is 17.4. The molecule has 0 bridgehead atoms. The number of amides is 1. The Morgan fingerprint density at radius 2 is 1.73 bits per heavy atom. The second kappa shape index (κ2) is 11.3. The maximum absolute atomic E-state index is 12.6. The van der Waals surface area contributed by atoms with Gasteiger partial charge in [-0.1, -0.05) is 42.0 Å². The number of aromatic carboxylic acids is 1. The molecule has 0 saturated heterocycles. The second-order valence-corrected chi connectivity index (χ2v) is 9.39. The van der Waals surface area contributed by atoms with E-state index in [0.29, 0.717) is 12.2 Å². The Bertz CT molecular complexity index is 1260. The van der Waals surface area contributed by atoms with Crippen molar-refractivity contribution in [1.29, 1.82) is 5.26 Å². The van der Waals surface area contributed by atoms with Gasteiger partial charge in [-0.25, -0.2) is 4.79 Å². The molecule has 6 nitrogen and oxygen atoms in total. The van der Waals surface area contributed by atoms with E-state index in [9.17, 15) is 20.0 Å². The van der Waals surface area contributed by atoms with Crippen molar-refractivity contribution in [3.63, 3.8) is 0 Å². The SMILES string of the molecule is Cc1ccc(COc2c(I)cc(/C=C(\C#N)C(=O)Nc3ccccc3C(=O)O)cc2I)cc1. The summed E-state index contributed by atoms with van der Waals surface area (Å²) in [5.74, 6) is -1.12. The first-order valence-corrected chi connectivity index (χ1v) is 11.9. The van der Waals surface area contributed by atoms with Gasteiger partial charge in [0.05, 0.1) is 18.4 Å². The van der Waals surface area contributed by atoms with Crippen LogP contribution in [0.1, 0.15) is 27.0 Å². The molecule has 0 saturated carbocycles. The van der Waals surface area contributed by atoms with Crippen molar-refractivity contribution in [3.05, 3.63) is 95.6 Å². The Morgan fingerprint density at radius 1 is 1.09 bits per heavy atom. The molecule has 3 aromatic rings. The van der Waals surface area contributed by atoms with Crippen LogP contribution in [0.3, 0.4) is 0 Å². The fourth-order valence-corrected chi connectivity index (χ4v) is 5.05. The quantitative estimate of drug-likeness (QED) is 0.183. The number of hydrogen-bond acceptors (Lipinski definition) is 4. The summed E-state index contributed by atoms with van der Waals surface area (Å²) in [6.45, 7) is 2.46. The van der Waals surface area contributed by atoms with Gasteiger partial charge in [-0.15, -0.1) is 0 Å². The van der Waals surface area contributed by atoms with Gasteiger partial charge in [0, 0.05) is 0 Å². The van der Waals surface area contributed by atoms with Crippen LogP contribution in [0.15, 0.2) is 66.2 Å². The number of nitriles is 1. The van der Waals surface area contributed by atoms with Crippen molar-refractivity contribution in [2.24, 2.45) is 0 Å². The molecule has 1 amide bonds. The topological polar surface area (TPSA) is 99.4 Å². The molecule has 3 aromatic carbocycles. The lowest BCUT2D eigenvalue weighted by Crippen LogP contribution is -2.16. The first kappa shape index (κ1) is 24.7. The Kier molecular flexibility index (Phi) is 8.46. The number of rotatable bonds is 7. The van der Waals surface area contributed by atoms with E-state index in [0.717, 1.165) is 18.5 Å². The van der Waals surface area contributed by atoms with Crippen LogP contribution in [0.25, 0.3) is 6.08 Å². The molecule has 2 N–H and O–H groups in total.